The number of fused-ring (bicyclic) bond motifs is 3. The Hall–Kier alpha value is -2.40. The predicted molar refractivity (Wildman–Crippen MR) is 128 cm³/mol. The molecule has 1 fully saturated rings. The number of anilines is 2. The van der Waals surface area contributed by atoms with Crippen molar-refractivity contribution in [2.45, 2.75) is 51.0 Å². The molecule has 0 radical (unpaired) electrons. The van der Waals surface area contributed by atoms with Gasteiger partial charge in [0.15, 0.2) is 5.78 Å². The Morgan fingerprint density at radius 2 is 1.88 bits per heavy atom. The average Bonchev–Trinajstić information content (AvgIpc) is 3.14. The first-order valence-electron chi connectivity index (χ1n) is 12.3. The smallest absolute Gasteiger partial charge is 0.162 e. The third-order valence-electron chi connectivity index (χ3n) is 7.57. The van der Waals surface area contributed by atoms with Gasteiger partial charge < -0.3 is 14.7 Å². The second-order valence-electron chi connectivity index (χ2n) is 9.55. The Morgan fingerprint density at radius 1 is 1.03 bits per heavy atom. The van der Waals surface area contributed by atoms with Crippen molar-refractivity contribution in [1.82, 2.24) is 4.90 Å². The van der Waals surface area contributed by atoms with Gasteiger partial charge in [-0.2, -0.15) is 0 Å². The molecule has 2 aromatic carbocycles. The molecular formula is C27H34FN3O. The van der Waals surface area contributed by atoms with Crippen LogP contribution >= 0.6 is 0 Å². The summed E-state index contributed by atoms with van der Waals surface area (Å²) in [6.45, 7) is 8.83. The normalized spacial score (nSPS) is 22.1. The number of unbranched alkanes of at least 4 members (excludes halogenated alkanes) is 1. The van der Waals surface area contributed by atoms with Gasteiger partial charge in [0.2, 0.25) is 0 Å². The van der Waals surface area contributed by atoms with Crippen LogP contribution in [0.2, 0.25) is 0 Å². The summed E-state index contributed by atoms with van der Waals surface area (Å²) in [7, 11) is 0. The van der Waals surface area contributed by atoms with Crippen molar-refractivity contribution in [3.63, 3.8) is 0 Å². The molecule has 170 valence electrons. The molecule has 0 aliphatic carbocycles. The Balaban J connectivity index is 1.22. The van der Waals surface area contributed by atoms with E-state index in [0.717, 1.165) is 45.7 Å². The molecule has 2 aromatic rings. The average molecular weight is 436 g/mol. The fourth-order valence-electron chi connectivity index (χ4n) is 5.92. The predicted octanol–water partition coefficient (Wildman–Crippen LogP) is 5.09. The number of Topliss-reactive ketones (excluding diaryl/α,β-unsaturated/α-hetero) is 1. The third-order valence-corrected chi connectivity index (χ3v) is 7.57. The summed E-state index contributed by atoms with van der Waals surface area (Å²) >= 11 is 0. The van der Waals surface area contributed by atoms with Gasteiger partial charge in [0.05, 0.1) is 11.4 Å². The summed E-state index contributed by atoms with van der Waals surface area (Å²) in [5, 5.41) is 0. The summed E-state index contributed by atoms with van der Waals surface area (Å²) in [6.07, 6.45) is 5.06. The second kappa shape index (κ2) is 9.22. The maximum atomic E-state index is 13.1. The number of halogens is 1. The van der Waals surface area contributed by atoms with Crippen molar-refractivity contribution < 1.29 is 9.18 Å². The fourth-order valence-corrected chi connectivity index (χ4v) is 5.92. The Bertz CT molecular complexity index is 960. The Kier molecular flexibility index (Phi) is 6.18. The minimum absolute atomic E-state index is 0.111. The van der Waals surface area contributed by atoms with E-state index in [0.29, 0.717) is 23.9 Å². The van der Waals surface area contributed by atoms with Crippen LogP contribution in [0.25, 0.3) is 0 Å². The Labute approximate surface area is 191 Å². The summed E-state index contributed by atoms with van der Waals surface area (Å²) < 4.78 is 13.1. The number of ketones is 1. The van der Waals surface area contributed by atoms with Crippen molar-refractivity contribution in [3.8, 4) is 0 Å². The van der Waals surface area contributed by atoms with Gasteiger partial charge in [-0.25, -0.2) is 4.39 Å². The minimum atomic E-state index is -0.295. The molecule has 1 saturated heterocycles. The lowest BCUT2D eigenvalue weighted by Crippen LogP contribution is -2.49. The van der Waals surface area contributed by atoms with Gasteiger partial charge in [0, 0.05) is 56.7 Å². The fraction of sp³-hybridized carbons (Fsp3) is 0.519. The number of hydrogen-bond donors (Lipinski definition) is 0. The van der Waals surface area contributed by atoms with Gasteiger partial charge >= 0.3 is 0 Å². The number of hydrogen-bond acceptors (Lipinski definition) is 4. The summed E-state index contributed by atoms with van der Waals surface area (Å²) in [5.41, 5.74) is 5.08. The lowest BCUT2D eigenvalue weighted by Gasteiger charge is -2.42. The van der Waals surface area contributed by atoms with E-state index in [4.69, 9.17) is 0 Å². The molecule has 0 spiro atoms. The number of likely N-dealkylation sites (tertiary alicyclic amines) is 1. The molecule has 0 bridgehead atoms. The monoisotopic (exact) mass is 435 g/mol. The van der Waals surface area contributed by atoms with E-state index in [2.05, 4.69) is 39.8 Å². The maximum Gasteiger partial charge on any atom is 0.162 e. The van der Waals surface area contributed by atoms with Crippen molar-refractivity contribution in [2.24, 2.45) is 0 Å². The number of rotatable bonds is 8. The van der Waals surface area contributed by atoms with E-state index in [9.17, 15) is 9.18 Å². The van der Waals surface area contributed by atoms with Crippen LogP contribution in [0.1, 0.15) is 60.9 Å². The lowest BCUT2D eigenvalue weighted by atomic mass is 9.89. The van der Waals surface area contributed by atoms with Crippen LogP contribution in [-0.4, -0.2) is 56.0 Å². The van der Waals surface area contributed by atoms with Crippen LogP contribution in [0, 0.1) is 5.82 Å². The zero-order valence-electron chi connectivity index (χ0n) is 19.1. The molecule has 3 aliphatic heterocycles. The van der Waals surface area contributed by atoms with Gasteiger partial charge in [-0.1, -0.05) is 25.5 Å². The van der Waals surface area contributed by atoms with E-state index in [-0.39, 0.29) is 11.6 Å². The SMILES string of the molecule is CCCCN1CCN2c3c(cccc31)[C@@H]1CN(CCCC(=O)c3ccc(F)cc3)CC[C@@H]12. The number of piperidine rings is 1. The zero-order chi connectivity index (χ0) is 22.1. The van der Waals surface area contributed by atoms with E-state index in [1.807, 2.05) is 0 Å². The van der Waals surface area contributed by atoms with Crippen molar-refractivity contribution >= 4 is 17.2 Å². The minimum Gasteiger partial charge on any atom is -0.368 e. The first-order chi connectivity index (χ1) is 15.7. The van der Waals surface area contributed by atoms with E-state index in [1.54, 1.807) is 12.1 Å². The van der Waals surface area contributed by atoms with E-state index < -0.39 is 0 Å². The van der Waals surface area contributed by atoms with Gasteiger partial charge in [0.1, 0.15) is 5.82 Å². The Morgan fingerprint density at radius 3 is 2.69 bits per heavy atom. The molecule has 5 rings (SSSR count). The van der Waals surface area contributed by atoms with Gasteiger partial charge in [-0.05, 0) is 61.7 Å². The second-order valence-corrected chi connectivity index (χ2v) is 9.55. The molecule has 0 saturated carbocycles. The lowest BCUT2D eigenvalue weighted by molar-refractivity contribution is 0.0971. The van der Waals surface area contributed by atoms with Crippen LogP contribution < -0.4 is 9.80 Å². The highest BCUT2D eigenvalue weighted by Gasteiger charge is 2.44. The molecule has 0 amide bonds. The molecule has 0 unspecified atom stereocenters. The van der Waals surface area contributed by atoms with Crippen LogP contribution in [0.4, 0.5) is 15.8 Å². The highest BCUT2D eigenvalue weighted by molar-refractivity contribution is 5.95. The zero-order valence-corrected chi connectivity index (χ0v) is 19.1. The quantitative estimate of drug-likeness (QED) is 0.540. The maximum absolute atomic E-state index is 13.1. The van der Waals surface area contributed by atoms with Crippen molar-refractivity contribution in [3.05, 3.63) is 59.4 Å². The molecule has 2 atom stereocenters. The molecule has 3 heterocycles. The number of carbonyl (C=O) groups excluding carboxylic acids is 1. The van der Waals surface area contributed by atoms with Crippen molar-refractivity contribution in [1.29, 1.82) is 0 Å². The van der Waals surface area contributed by atoms with E-state index >= 15 is 0 Å². The highest BCUT2D eigenvalue weighted by atomic mass is 19.1. The van der Waals surface area contributed by atoms with E-state index in [1.165, 1.54) is 48.3 Å². The molecule has 32 heavy (non-hydrogen) atoms. The first-order valence-corrected chi connectivity index (χ1v) is 12.3. The molecule has 3 aliphatic rings. The molecule has 0 N–H and O–H groups in total. The van der Waals surface area contributed by atoms with Crippen LogP contribution in [0.3, 0.4) is 0 Å². The number of benzene rings is 2. The third kappa shape index (κ3) is 4.03. The van der Waals surface area contributed by atoms with Crippen LogP contribution in [0.15, 0.2) is 42.5 Å². The number of para-hydroxylation sites is 1. The van der Waals surface area contributed by atoms with Crippen molar-refractivity contribution in [2.75, 3.05) is 49.1 Å². The molecular weight excluding hydrogens is 401 g/mol. The van der Waals surface area contributed by atoms with Gasteiger partial charge in [0.25, 0.3) is 0 Å². The van der Waals surface area contributed by atoms with Gasteiger partial charge in [-0.15, -0.1) is 0 Å². The first kappa shape index (κ1) is 21.4. The largest absolute Gasteiger partial charge is 0.368 e. The standard InChI is InChI=1S/C27H34FN3O/c1-2-3-15-30-17-18-31-24-13-16-29(19-23(24)22-6-4-7-25(30)27(22)31)14-5-8-26(32)20-9-11-21(28)12-10-20/h4,6-7,9-12,23-24H,2-3,5,8,13-19H2,1H3/t23-,24-/m0/s1. The number of nitrogens with zero attached hydrogens (tertiary/aromatic N) is 3. The molecule has 5 heteroatoms. The summed E-state index contributed by atoms with van der Waals surface area (Å²) in [5.74, 6) is 0.383. The number of carbonyl (C=O) groups is 1. The van der Waals surface area contributed by atoms with Crippen LogP contribution in [-0.2, 0) is 0 Å². The molecule has 0 aromatic heterocycles. The molecule has 4 nitrogen and oxygen atoms in total. The van der Waals surface area contributed by atoms with Crippen LogP contribution in [0.5, 0.6) is 0 Å². The topological polar surface area (TPSA) is 26.8 Å². The summed E-state index contributed by atoms with van der Waals surface area (Å²) in [4.78, 5) is 20.3. The highest BCUT2D eigenvalue weighted by Crippen LogP contribution is 2.50. The summed E-state index contributed by atoms with van der Waals surface area (Å²) in [6, 6.07) is 13.5. The van der Waals surface area contributed by atoms with Gasteiger partial charge in [-0.3, -0.25) is 4.79 Å².